The third-order valence-electron chi connectivity index (χ3n) is 2.26. The molecule has 4 nitrogen and oxygen atoms in total. The van der Waals surface area contributed by atoms with Gasteiger partial charge in [-0.3, -0.25) is 0 Å². The minimum atomic E-state index is -0.295. The van der Waals surface area contributed by atoms with Crippen molar-refractivity contribution in [2.24, 2.45) is 5.73 Å². The minimum Gasteiger partial charge on any atom is -0.322 e. The molecule has 0 radical (unpaired) electrons. The van der Waals surface area contributed by atoms with E-state index in [1.165, 1.54) is 12.1 Å². The summed E-state index contributed by atoms with van der Waals surface area (Å²) in [6.07, 6.45) is 2.07. The highest BCUT2D eigenvalue weighted by Crippen LogP contribution is 2.22. The second-order valence-corrected chi connectivity index (χ2v) is 4.30. The van der Waals surface area contributed by atoms with E-state index >= 15 is 0 Å². The van der Waals surface area contributed by atoms with Crippen LogP contribution in [0.25, 0.3) is 0 Å². The van der Waals surface area contributed by atoms with Crippen molar-refractivity contribution in [3.8, 4) is 0 Å². The van der Waals surface area contributed by atoms with E-state index in [2.05, 4.69) is 31.3 Å². The summed E-state index contributed by atoms with van der Waals surface area (Å²) in [4.78, 5) is 0. The van der Waals surface area contributed by atoms with Gasteiger partial charge in [-0.25, -0.2) is 4.39 Å². The van der Waals surface area contributed by atoms with Gasteiger partial charge in [0.15, 0.2) is 0 Å². The highest BCUT2D eigenvalue weighted by Gasteiger charge is 2.12. The van der Waals surface area contributed by atoms with E-state index in [4.69, 9.17) is 5.73 Å². The first-order valence-electron chi connectivity index (χ1n) is 4.72. The van der Waals surface area contributed by atoms with Gasteiger partial charge in [0.25, 0.3) is 0 Å². The second kappa shape index (κ2) is 4.71. The van der Waals surface area contributed by atoms with E-state index in [1.54, 1.807) is 12.3 Å². The predicted octanol–water partition coefficient (Wildman–Crippen LogP) is 1.95. The predicted molar refractivity (Wildman–Crippen MR) is 61.1 cm³/mol. The molecule has 1 atom stereocenters. The number of nitrogens with zero attached hydrogens (tertiary/aromatic N) is 2. The first-order chi connectivity index (χ1) is 7.66. The number of benzene rings is 1. The van der Waals surface area contributed by atoms with Crippen molar-refractivity contribution in [2.45, 2.75) is 12.5 Å². The lowest BCUT2D eigenvalue weighted by atomic mass is 10.0. The molecule has 1 unspecified atom stereocenters. The third kappa shape index (κ3) is 2.45. The maximum absolute atomic E-state index is 13.0. The van der Waals surface area contributed by atoms with Crippen LogP contribution in [0, 0.1) is 5.82 Å². The summed E-state index contributed by atoms with van der Waals surface area (Å²) in [5, 5.41) is 10.1. The Bertz CT molecular complexity index is 472. The molecule has 2 rings (SSSR count). The third-order valence-corrected chi connectivity index (χ3v) is 3.03. The first-order valence-corrected chi connectivity index (χ1v) is 5.51. The molecule has 16 heavy (non-hydrogen) atoms. The number of nitrogens with two attached hydrogens (primary N) is 1. The molecule has 0 fully saturated rings. The van der Waals surface area contributed by atoms with Crippen molar-refractivity contribution in [2.75, 3.05) is 0 Å². The number of H-pyrrole nitrogens is 1. The van der Waals surface area contributed by atoms with Crippen LogP contribution in [0.15, 0.2) is 28.9 Å². The van der Waals surface area contributed by atoms with Gasteiger partial charge in [-0.15, -0.1) is 0 Å². The van der Waals surface area contributed by atoms with Gasteiger partial charge in [0.05, 0.1) is 17.9 Å². The molecule has 1 aromatic carbocycles. The topological polar surface area (TPSA) is 67.6 Å². The van der Waals surface area contributed by atoms with Crippen LogP contribution >= 0.6 is 15.9 Å². The van der Waals surface area contributed by atoms with Crippen molar-refractivity contribution in [3.05, 3.63) is 45.9 Å². The number of halogens is 2. The Kier molecular flexibility index (Phi) is 3.31. The maximum atomic E-state index is 13.0. The van der Waals surface area contributed by atoms with E-state index in [0.29, 0.717) is 12.1 Å². The van der Waals surface area contributed by atoms with Gasteiger partial charge >= 0.3 is 0 Å². The number of aromatic amines is 1. The van der Waals surface area contributed by atoms with Gasteiger partial charge in [-0.1, -0.05) is 15.9 Å². The zero-order valence-electron chi connectivity index (χ0n) is 8.32. The molecule has 0 amide bonds. The summed E-state index contributed by atoms with van der Waals surface area (Å²) in [6, 6.07) is 4.23. The van der Waals surface area contributed by atoms with Crippen LogP contribution in [0.4, 0.5) is 4.39 Å². The van der Waals surface area contributed by atoms with Crippen LogP contribution in [0.3, 0.4) is 0 Å². The lowest BCUT2D eigenvalue weighted by Gasteiger charge is -2.09. The van der Waals surface area contributed by atoms with Gasteiger partial charge in [0.2, 0.25) is 0 Å². The lowest BCUT2D eigenvalue weighted by Crippen LogP contribution is -2.14. The normalized spacial score (nSPS) is 12.7. The minimum absolute atomic E-state index is 0.273. The summed E-state index contributed by atoms with van der Waals surface area (Å²) in [5.41, 5.74) is 7.40. The highest BCUT2D eigenvalue weighted by molar-refractivity contribution is 9.10. The number of hydrogen-bond acceptors (Lipinski definition) is 3. The van der Waals surface area contributed by atoms with Crippen molar-refractivity contribution in [1.29, 1.82) is 0 Å². The highest BCUT2D eigenvalue weighted by atomic mass is 79.9. The average molecular weight is 285 g/mol. The number of nitrogens with one attached hydrogen (secondary N) is 1. The number of rotatable bonds is 3. The van der Waals surface area contributed by atoms with Crippen LogP contribution in [-0.4, -0.2) is 15.4 Å². The molecule has 6 heteroatoms. The van der Waals surface area contributed by atoms with Crippen LogP contribution in [0.1, 0.15) is 17.3 Å². The Morgan fingerprint density at radius 1 is 1.50 bits per heavy atom. The summed E-state index contributed by atoms with van der Waals surface area (Å²) in [6.45, 7) is 0. The van der Waals surface area contributed by atoms with Gasteiger partial charge < -0.3 is 5.73 Å². The molecule has 0 aliphatic heterocycles. The SMILES string of the molecule is NC(Cc1cc(F)ccc1Br)c1cn[nH]n1. The Labute approximate surface area is 100 Å². The number of aromatic nitrogens is 3. The summed E-state index contributed by atoms with van der Waals surface area (Å²) in [5.74, 6) is -0.273. The molecule has 0 aliphatic carbocycles. The Balaban J connectivity index is 2.17. The van der Waals surface area contributed by atoms with E-state index in [9.17, 15) is 4.39 Å². The molecule has 3 N–H and O–H groups in total. The van der Waals surface area contributed by atoms with E-state index in [0.717, 1.165) is 10.0 Å². The molecule has 0 spiro atoms. The largest absolute Gasteiger partial charge is 0.322 e. The fraction of sp³-hybridized carbons (Fsp3) is 0.200. The summed E-state index contributed by atoms with van der Waals surface area (Å²) >= 11 is 3.36. The molecule has 84 valence electrons. The standard InChI is InChI=1S/C10H10BrFN4/c11-8-2-1-7(12)3-6(8)4-9(13)10-5-14-16-15-10/h1-3,5,9H,4,13H2,(H,14,15,16). The lowest BCUT2D eigenvalue weighted by molar-refractivity contribution is 0.619. The zero-order chi connectivity index (χ0) is 11.5. The molecule has 1 aromatic heterocycles. The van der Waals surface area contributed by atoms with E-state index in [1.807, 2.05) is 0 Å². The molecular formula is C10H10BrFN4. The Hall–Kier alpha value is -1.27. The monoisotopic (exact) mass is 284 g/mol. The smallest absolute Gasteiger partial charge is 0.123 e. The Morgan fingerprint density at radius 3 is 3.00 bits per heavy atom. The second-order valence-electron chi connectivity index (χ2n) is 3.44. The van der Waals surface area contributed by atoms with Crippen molar-refractivity contribution in [3.63, 3.8) is 0 Å². The van der Waals surface area contributed by atoms with Crippen LogP contribution < -0.4 is 5.73 Å². The van der Waals surface area contributed by atoms with Gasteiger partial charge in [-0.05, 0) is 30.2 Å². The molecule has 0 saturated carbocycles. The molecule has 0 bridgehead atoms. The van der Waals surface area contributed by atoms with Crippen molar-refractivity contribution >= 4 is 15.9 Å². The van der Waals surface area contributed by atoms with Gasteiger partial charge in [0.1, 0.15) is 5.82 Å². The fourth-order valence-electron chi connectivity index (χ4n) is 1.43. The Morgan fingerprint density at radius 2 is 2.31 bits per heavy atom. The van der Waals surface area contributed by atoms with E-state index < -0.39 is 0 Å². The summed E-state index contributed by atoms with van der Waals surface area (Å²) in [7, 11) is 0. The van der Waals surface area contributed by atoms with Crippen molar-refractivity contribution < 1.29 is 4.39 Å². The molecule has 0 aliphatic rings. The van der Waals surface area contributed by atoms with Crippen LogP contribution in [0.5, 0.6) is 0 Å². The molecule has 0 saturated heterocycles. The molecule has 2 aromatic rings. The number of hydrogen-bond donors (Lipinski definition) is 2. The maximum Gasteiger partial charge on any atom is 0.123 e. The van der Waals surface area contributed by atoms with E-state index in [-0.39, 0.29) is 11.9 Å². The van der Waals surface area contributed by atoms with Gasteiger partial charge in [-0.2, -0.15) is 15.4 Å². The molecule has 1 heterocycles. The fourth-order valence-corrected chi connectivity index (χ4v) is 1.84. The van der Waals surface area contributed by atoms with Crippen molar-refractivity contribution in [1.82, 2.24) is 15.4 Å². The zero-order valence-corrected chi connectivity index (χ0v) is 9.91. The average Bonchev–Trinajstić information content (AvgIpc) is 2.76. The quantitative estimate of drug-likeness (QED) is 0.905. The molecular weight excluding hydrogens is 275 g/mol. The first kappa shape index (κ1) is 11.2. The van der Waals surface area contributed by atoms with Gasteiger partial charge in [0, 0.05) is 4.47 Å². The summed E-state index contributed by atoms with van der Waals surface area (Å²) < 4.78 is 13.9. The van der Waals surface area contributed by atoms with Crippen LogP contribution in [-0.2, 0) is 6.42 Å². The van der Waals surface area contributed by atoms with Crippen LogP contribution in [0.2, 0.25) is 0 Å².